The lowest BCUT2D eigenvalue weighted by molar-refractivity contribution is -0.115. The molecule has 0 saturated carbocycles. The van der Waals surface area contributed by atoms with Gasteiger partial charge in [-0.05, 0) is 24.1 Å². The Bertz CT molecular complexity index is 309. The minimum atomic E-state index is 0.212. The lowest BCUT2D eigenvalue weighted by Crippen LogP contribution is -1.95. The first-order chi connectivity index (χ1) is 6.24. The highest BCUT2D eigenvalue weighted by atomic mass is 16.1. The molecule has 0 spiro atoms. The van der Waals surface area contributed by atoms with Crippen molar-refractivity contribution in [1.82, 2.24) is 0 Å². The van der Waals surface area contributed by atoms with Crippen LogP contribution in [0.25, 0.3) is 6.08 Å². The van der Waals surface area contributed by atoms with Gasteiger partial charge in [-0.3, -0.25) is 4.79 Å². The first kappa shape index (κ1) is 9.72. The number of hydrogen-bond acceptors (Lipinski definition) is 1. The van der Waals surface area contributed by atoms with Crippen LogP contribution in [0.2, 0.25) is 0 Å². The molecule has 0 radical (unpaired) electrons. The molecule has 13 heavy (non-hydrogen) atoms. The highest BCUT2D eigenvalue weighted by Gasteiger charge is 1.99. The van der Waals surface area contributed by atoms with Crippen LogP contribution in [0.15, 0.2) is 35.9 Å². The molecule has 68 valence electrons. The van der Waals surface area contributed by atoms with Crippen molar-refractivity contribution < 1.29 is 4.79 Å². The molecule has 0 fully saturated rings. The molecule has 1 aromatic rings. The first-order valence-electron chi connectivity index (χ1n) is 4.50. The van der Waals surface area contributed by atoms with Crippen molar-refractivity contribution in [3.63, 3.8) is 0 Å². The maximum Gasteiger partial charge on any atom is 0.158 e. The summed E-state index contributed by atoms with van der Waals surface area (Å²) >= 11 is 0. The van der Waals surface area contributed by atoms with Crippen LogP contribution in [0.3, 0.4) is 0 Å². The Kier molecular flexibility index (Phi) is 3.44. The number of Topliss-reactive ketones (excluding diaryl/α,β-unsaturated/α-hetero) is 1. The van der Waals surface area contributed by atoms with E-state index in [1.807, 2.05) is 50.3 Å². The van der Waals surface area contributed by atoms with Gasteiger partial charge in [-0.2, -0.15) is 0 Å². The fourth-order valence-corrected chi connectivity index (χ4v) is 1.16. The highest BCUT2D eigenvalue weighted by molar-refractivity contribution is 5.98. The third-order valence-electron chi connectivity index (χ3n) is 1.94. The van der Waals surface area contributed by atoms with Crippen molar-refractivity contribution in [3.05, 3.63) is 41.5 Å². The van der Waals surface area contributed by atoms with E-state index in [0.717, 1.165) is 11.1 Å². The molecule has 1 heteroatoms. The second-order valence-electron chi connectivity index (χ2n) is 3.01. The first-order valence-corrected chi connectivity index (χ1v) is 4.50. The summed E-state index contributed by atoms with van der Waals surface area (Å²) in [5.41, 5.74) is 1.91. The second kappa shape index (κ2) is 4.61. The van der Waals surface area contributed by atoms with Crippen LogP contribution in [0, 0.1) is 0 Å². The summed E-state index contributed by atoms with van der Waals surface area (Å²) in [6.07, 6.45) is 2.50. The lowest BCUT2D eigenvalue weighted by atomic mass is 10.1. The van der Waals surface area contributed by atoms with Crippen LogP contribution >= 0.6 is 0 Å². The zero-order valence-electron chi connectivity index (χ0n) is 8.08. The molecule has 1 rings (SSSR count). The van der Waals surface area contributed by atoms with Crippen molar-refractivity contribution >= 4 is 11.9 Å². The average molecular weight is 174 g/mol. The molecule has 0 heterocycles. The van der Waals surface area contributed by atoms with Crippen LogP contribution in [0.1, 0.15) is 25.8 Å². The summed E-state index contributed by atoms with van der Waals surface area (Å²) in [5.74, 6) is 0.212. The van der Waals surface area contributed by atoms with Crippen molar-refractivity contribution in [1.29, 1.82) is 0 Å². The zero-order valence-corrected chi connectivity index (χ0v) is 8.08. The van der Waals surface area contributed by atoms with E-state index in [4.69, 9.17) is 0 Å². The van der Waals surface area contributed by atoms with Crippen molar-refractivity contribution in [2.75, 3.05) is 0 Å². The topological polar surface area (TPSA) is 17.1 Å². The van der Waals surface area contributed by atoms with Gasteiger partial charge in [-0.1, -0.05) is 37.3 Å². The van der Waals surface area contributed by atoms with Crippen molar-refractivity contribution in [2.45, 2.75) is 20.3 Å². The number of ketones is 1. The molecule has 0 saturated heterocycles. The van der Waals surface area contributed by atoms with Gasteiger partial charge in [0.1, 0.15) is 0 Å². The third-order valence-corrected chi connectivity index (χ3v) is 1.94. The molecule has 1 aromatic carbocycles. The lowest BCUT2D eigenvalue weighted by Gasteiger charge is -1.97. The summed E-state index contributed by atoms with van der Waals surface area (Å²) in [6.45, 7) is 3.74. The average Bonchev–Trinajstić information content (AvgIpc) is 2.18. The molecule has 0 unspecified atom stereocenters. The van der Waals surface area contributed by atoms with Crippen LogP contribution in [-0.4, -0.2) is 5.78 Å². The minimum absolute atomic E-state index is 0.212. The number of allylic oxidation sites excluding steroid dienone is 1. The number of hydrogen-bond donors (Lipinski definition) is 0. The molecular formula is C12H14O. The minimum Gasteiger partial charge on any atom is -0.295 e. The third kappa shape index (κ3) is 2.86. The summed E-state index contributed by atoms with van der Waals surface area (Å²) in [4.78, 5) is 11.2. The molecular weight excluding hydrogens is 160 g/mol. The van der Waals surface area contributed by atoms with Crippen molar-refractivity contribution in [3.8, 4) is 0 Å². The number of carbonyl (C=O) groups excluding carboxylic acids is 1. The van der Waals surface area contributed by atoms with Gasteiger partial charge >= 0.3 is 0 Å². The number of benzene rings is 1. The van der Waals surface area contributed by atoms with Gasteiger partial charge in [-0.15, -0.1) is 0 Å². The predicted molar refractivity (Wildman–Crippen MR) is 55.4 cm³/mol. The van der Waals surface area contributed by atoms with Crippen LogP contribution in [0.4, 0.5) is 0 Å². The van der Waals surface area contributed by atoms with E-state index < -0.39 is 0 Å². The van der Waals surface area contributed by atoms with E-state index >= 15 is 0 Å². The molecule has 0 N–H and O–H groups in total. The Balaban J connectivity index is 2.83. The molecule has 0 aromatic heterocycles. The molecule has 1 nitrogen and oxygen atoms in total. The fraction of sp³-hybridized carbons (Fsp3) is 0.250. The maximum absolute atomic E-state index is 11.2. The Morgan fingerprint density at radius 2 is 1.92 bits per heavy atom. The smallest absolute Gasteiger partial charge is 0.158 e. The van der Waals surface area contributed by atoms with E-state index in [2.05, 4.69) is 0 Å². The van der Waals surface area contributed by atoms with Crippen LogP contribution in [0.5, 0.6) is 0 Å². The number of rotatable bonds is 3. The van der Waals surface area contributed by atoms with E-state index in [9.17, 15) is 4.79 Å². The Labute approximate surface area is 79.1 Å². The summed E-state index contributed by atoms with van der Waals surface area (Å²) in [6, 6.07) is 9.89. The molecule has 0 aliphatic carbocycles. The molecule has 0 atom stereocenters. The van der Waals surface area contributed by atoms with Crippen LogP contribution < -0.4 is 0 Å². The number of carbonyl (C=O) groups is 1. The Morgan fingerprint density at radius 1 is 1.31 bits per heavy atom. The standard InChI is InChI=1S/C12H14O/c1-3-12(13)10(2)9-11-7-5-4-6-8-11/h4-9H,3H2,1-2H3/b10-9-. The largest absolute Gasteiger partial charge is 0.295 e. The van der Waals surface area contributed by atoms with Crippen molar-refractivity contribution in [2.24, 2.45) is 0 Å². The highest BCUT2D eigenvalue weighted by Crippen LogP contribution is 2.07. The molecule has 0 aliphatic rings. The SMILES string of the molecule is CCC(=O)/C(C)=C\c1ccccc1. The summed E-state index contributed by atoms with van der Waals surface area (Å²) in [5, 5.41) is 0. The summed E-state index contributed by atoms with van der Waals surface area (Å²) in [7, 11) is 0. The van der Waals surface area contributed by atoms with E-state index in [1.165, 1.54) is 0 Å². The van der Waals surface area contributed by atoms with E-state index in [0.29, 0.717) is 6.42 Å². The van der Waals surface area contributed by atoms with Gasteiger partial charge in [0, 0.05) is 6.42 Å². The van der Waals surface area contributed by atoms with Gasteiger partial charge in [-0.25, -0.2) is 0 Å². The van der Waals surface area contributed by atoms with Gasteiger partial charge < -0.3 is 0 Å². The normalized spacial score (nSPS) is 11.4. The van der Waals surface area contributed by atoms with Crippen LogP contribution in [-0.2, 0) is 4.79 Å². The predicted octanol–water partition coefficient (Wildman–Crippen LogP) is 3.07. The fourth-order valence-electron chi connectivity index (χ4n) is 1.16. The van der Waals surface area contributed by atoms with E-state index in [-0.39, 0.29) is 5.78 Å². The maximum atomic E-state index is 11.2. The zero-order chi connectivity index (χ0) is 9.68. The molecule has 0 amide bonds. The second-order valence-corrected chi connectivity index (χ2v) is 3.01. The van der Waals surface area contributed by atoms with Gasteiger partial charge in [0.15, 0.2) is 5.78 Å². The van der Waals surface area contributed by atoms with Gasteiger partial charge in [0.05, 0.1) is 0 Å². The van der Waals surface area contributed by atoms with Gasteiger partial charge in [0.2, 0.25) is 0 Å². The molecule has 0 aliphatic heterocycles. The Morgan fingerprint density at radius 3 is 2.46 bits per heavy atom. The van der Waals surface area contributed by atoms with Gasteiger partial charge in [0.25, 0.3) is 0 Å². The monoisotopic (exact) mass is 174 g/mol. The summed E-state index contributed by atoms with van der Waals surface area (Å²) < 4.78 is 0. The quantitative estimate of drug-likeness (QED) is 0.643. The molecule has 0 bridgehead atoms. The van der Waals surface area contributed by atoms with E-state index in [1.54, 1.807) is 0 Å². The Hall–Kier alpha value is -1.37.